The molecule has 1 heterocycles. The third kappa shape index (κ3) is 4.09. The summed E-state index contributed by atoms with van der Waals surface area (Å²) in [6, 6.07) is 0. The lowest BCUT2D eigenvalue weighted by Crippen LogP contribution is -2.38. The summed E-state index contributed by atoms with van der Waals surface area (Å²) < 4.78 is 0. The smallest absolute Gasteiger partial charge is 0.0558 e. The number of likely N-dealkylation sites (tertiary alicyclic amines) is 1. The fourth-order valence-corrected chi connectivity index (χ4v) is 2.37. The van der Waals surface area contributed by atoms with E-state index >= 15 is 0 Å². The molecule has 2 aliphatic rings. The van der Waals surface area contributed by atoms with E-state index in [-0.39, 0.29) is 0 Å². The molecule has 0 aromatic carbocycles. The Morgan fingerprint density at radius 1 is 1.00 bits per heavy atom. The monoisotopic (exact) mass is 212 g/mol. The first kappa shape index (κ1) is 11.4. The molecule has 0 spiro atoms. The average Bonchev–Trinajstić information content (AvgIpc) is 3.05. The van der Waals surface area contributed by atoms with Crippen molar-refractivity contribution in [2.45, 2.75) is 25.7 Å². The summed E-state index contributed by atoms with van der Waals surface area (Å²) in [5.74, 6) is 1.87. The van der Waals surface area contributed by atoms with E-state index in [1.807, 2.05) is 0 Å². The summed E-state index contributed by atoms with van der Waals surface area (Å²) in [5, 5.41) is 12.4. The lowest BCUT2D eigenvalue weighted by molar-refractivity contribution is 0.146. The maximum atomic E-state index is 8.84. The summed E-state index contributed by atoms with van der Waals surface area (Å²) in [7, 11) is 0. The molecular formula is C12H24N2O. The first-order valence-electron chi connectivity index (χ1n) is 6.42. The lowest BCUT2D eigenvalue weighted by atomic mass is 9.97. The molecule has 0 aromatic heterocycles. The van der Waals surface area contributed by atoms with Crippen LogP contribution in [0.25, 0.3) is 0 Å². The highest BCUT2D eigenvalue weighted by Gasteiger charge is 2.22. The summed E-state index contributed by atoms with van der Waals surface area (Å²) in [6.07, 6.45) is 5.50. The summed E-state index contributed by atoms with van der Waals surface area (Å²) in [5.41, 5.74) is 0. The van der Waals surface area contributed by atoms with Crippen molar-refractivity contribution in [3.8, 4) is 0 Å². The molecule has 1 aliphatic carbocycles. The number of hydrogen-bond donors (Lipinski definition) is 2. The molecule has 0 radical (unpaired) electrons. The SMILES string of the molecule is OCCN1CCC(CNCC2CC2)CC1. The molecule has 3 nitrogen and oxygen atoms in total. The van der Waals surface area contributed by atoms with Crippen LogP contribution in [0.1, 0.15) is 25.7 Å². The van der Waals surface area contributed by atoms with Crippen molar-refractivity contribution >= 4 is 0 Å². The van der Waals surface area contributed by atoms with Crippen LogP contribution in [0, 0.1) is 11.8 Å². The van der Waals surface area contributed by atoms with Gasteiger partial charge in [-0.2, -0.15) is 0 Å². The molecule has 0 atom stereocenters. The highest BCUT2D eigenvalue weighted by Crippen LogP contribution is 2.27. The van der Waals surface area contributed by atoms with E-state index in [1.165, 1.54) is 51.9 Å². The second-order valence-corrected chi connectivity index (χ2v) is 5.11. The predicted molar refractivity (Wildman–Crippen MR) is 61.8 cm³/mol. The van der Waals surface area contributed by atoms with Gasteiger partial charge in [0, 0.05) is 6.54 Å². The molecule has 0 aromatic rings. The molecule has 2 fully saturated rings. The molecule has 1 saturated heterocycles. The minimum atomic E-state index is 0.310. The van der Waals surface area contributed by atoms with Crippen LogP contribution in [0.15, 0.2) is 0 Å². The molecule has 0 unspecified atom stereocenters. The second-order valence-electron chi connectivity index (χ2n) is 5.11. The number of rotatable bonds is 6. The van der Waals surface area contributed by atoms with Gasteiger partial charge in [0.05, 0.1) is 6.61 Å². The number of β-amino-alcohol motifs (C(OH)–C–C–N with tert-alkyl or cyclic N) is 1. The van der Waals surface area contributed by atoms with Gasteiger partial charge in [-0.25, -0.2) is 0 Å². The predicted octanol–water partition coefficient (Wildman–Crippen LogP) is 0.690. The Hall–Kier alpha value is -0.120. The van der Waals surface area contributed by atoms with Gasteiger partial charge in [-0.05, 0) is 63.7 Å². The number of piperidine rings is 1. The molecule has 2 N–H and O–H groups in total. The molecule has 1 aliphatic heterocycles. The van der Waals surface area contributed by atoms with Crippen LogP contribution >= 0.6 is 0 Å². The number of hydrogen-bond acceptors (Lipinski definition) is 3. The van der Waals surface area contributed by atoms with Crippen molar-refractivity contribution in [2.24, 2.45) is 11.8 Å². The van der Waals surface area contributed by atoms with Gasteiger partial charge >= 0.3 is 0 Å². The first-order chi connectivity index (χ1) is 7.38. The van der Waals surface area contributed by atoms with Gasteiger partial charge in [0.1, 0.15) is 0 Å². The zero-order valence-electron chi connectivity index (χ0n) is 9.62. The molecule has 0 amide bonds. The van der Waals surface area contributed by atoms with Gasteiger partial charge in [0.2, 0.25) is 0 Å². The first-order valence-corrected chi connectivity index (χ1v) is 6.42. The molecule has 88 valence electrons. The minimum absolute atomic E-state index is 0.310. The van der Waals surface area contributed by atoms with Gasteiger partial charge in [-0.3, -0.25) is 0 Å². The zero-order valence-corrected chi connectivity index (χ0v) is 9.62. The van der Waals surface area contributed by atoms with E-state index in [0.29, 0.717) is 6.61 Å². The normalized spacial score (nSPS) is 24.6. The maximum absolute atomic E-state index is 8.84. The van der Waals surface area contributed by atoms with Gasteiger partial charge < -0.3 is 15.3 Å². The Kier molecular flexibility index (Phi) is 4.42. The molecule has 2 rings (SSSR count). The summed E-state index contributed by atoms with van der Waals surface area (Å²) >= 11 is 0. The van der Waals surface area contributed by atoms with Crippen LogP contribution < -0.4 is 5.32 Å². The van der Waals surface area contributed by atoms with Gasteiger partial charge in [-0.15, -0.1) is 0 Å². The zero-order chi connectivity index (χ0) is 10.5. The van der Waals surface area contributed by atoms with E-state index in [4.69, 9.17) is 5.11 Å². The summed E-state index contributed by atoms with van der Waals surface area (Å²) in [6.45, 7) is 5.99. The van der Waals surface area contributed by atoms with Crippen molar-refractivity contribution in [3.05, 3.63) is 0 Å². The van der Waals surface area contributed by atoms with E-state index in [2.05, 4.69) is 10.2 Å². The highest BCUT2D eigenvalue weighted by atomic mass is 16.3. The fourth-order valence-electron chi connectivity index (χ4n) is 2.37. The van der Waals surface area contributed by atoms with Crippen molar-refractivity contribution in [2.75, 3.05) is 39.3 Å². The van der Waals surface area contributed by atoms with E-state index in [9.17, 15) is 0 Å². The van der Waals surface area contributed by atoms with E-state index in [1.54, 1.807) is 0 Å². The Morgan fingerprint density at radius 3 is 2.13 bits per heavy atom. The fraction of sp³-hybridized carbons (Fsp3) is 1.00. The van der Waals surface area contributed by atoms with Crippen molar-refractivity contribution in [1.82, 2.24) is 10.2 Å². The van der Waals surface area contributed by atoms with Crippen LogP contribution in [0.2, 0.25) is 0 Å². The third-order valence-corrected chi connectivity index (χ3v) is 3.69. The average molecular weight is 212 g/mol. The van der Waals surface area contributed by atoms with Gasteiger partial charge in [-0.1, -0.05) is 0 Å². The van der Waals surface area contributed by atoms with Crippen molar-refractivity contribution < 1.29 is 5.11 Å². The Morgan fingerprint density at radius 2 is 1.60 bits per heavy atom. The number of aliphatic hydroxyl groups excluding tert-OH is 1. The number of nitrogens with one attached hydrogen (secondary N) is 1. The van der Waals surface area contributed by atoms with Gasteiger partial charge in [0.25, 0.3) is 0 Å². The largest absolute Gasteiger partial charge is 0.395 e. The number of aliphatic hydroxyl groups is 1. The van der Waals surface area contributed by atoms with Crippen LogP contribution in [-0.4, -0.2) is 49.3 Å². The highest BCUT2D eigenvalue weighted by molar-refractivity contribution is 4.78. The molecule has 3 heteroatoms. The van der Waals surface area contributed by atoms with Crippen molar-refractivity contribution in [1.29, 1.82) is 0 Å². The Labute approximate surface area is 92.8 Å². The van der Waals surface area contributed by atoms with Crippen LogP contribution in [0.4, 0.5) is 0 Å². The van der Waals surface area contributed by atoms with Crippen LogP contribution in [-0.2, 0) is 0 Å². The van der Waals surface area contributed by atoms with Gasteiger partial charge in [0.15, 0.2) is 0 Å². The van der Waals surface area contributed by atoms with Crippen molar-refractivity contribution in [3.63, 3.8) is 0 Å². The Balaban J connectivity index is 1.52. The lowest BCUT2D eigenvalue weighted by Gasteiger charge is -2.31. The van der Waals surface area contributed by atoms with E-state index < -0.39 is 0 Å². The Bertz CT molecular complexity index is 174. The minimum Gasteiger partial charge on any atom is -0.395 e. The third-order valence-electron chi connectivity index (χ3n) is 3.69. The second kappa shape index (κ2) is 5.83. The standard InChI is InChI=1S/C12H24N2O/c15-8-7-14-5-3-12(4-6-14)10-13-9-11-1-2-11/h11-13,15H,1-10H2. The molecule has 15 heavy (non-hydrogen) atoms. The molecule has 0 bridgehead atoms. The van der Waals surface area contributed by atoms with Crippen LogP contribution in [0.5, 0.6) is 0 Å². The maximum Gasteiger partial charge on any atom is 0.0558 e. The van der Waals surface area contributed by atoms with E-state index in [0.717, 1.165) is 18.4 Å². The molecular weight excluding hydrogens is 188 g/mol. The van der Waals surface area contributed by atoms with Crippen LogP contribution in [0.3, 0.4) is 0 Å². The summed E-state index contributed by atoms with van der Waals surface area (Å²) in [4.78, 5) is 2.37. The quantitative estimate of drug-likeness (QED) is 0.680. The number of nitrogens with zero attached hydrogens (tertiary/aromatic N) is 1. The topological polar surface area (TPSA) is 35.5 Å². The molecule has 1 saturated carbocycles.